The number of nitrogens with one attached hydrogen (secondary N) is 1. The molecule has 8 heteroatoms. The second kappa shape index (κ2) is 11.4. The fraction of sp³-hybridized carbons (Fsp3) is 0.545. The van der Waals surface area contributed by atoms with Gasteiger partial charge in [0.2, 0.25) is 0 Å². The average Bonchev–Trinajstić information content (AvgIpc) is 2.69. The van der Waals surface area contributed by atoms with Crippen molar-refractivity contribution in [2.45, 2.75) is 63.8 Å². The first-order valence-electron chi connectivity index (χ1n) is 10.3. The van der Waals surface area contributed by atoms with E-state index in [-0.39, 0.29) is 31.8 Å². The quantitative estimate of drug-likeness (QED) is 0.240. The number of aliphatic hydroxyl groups is 1. The van der Waals surface area contributed by atoms with Crippen molar-refractivity contribution in [1.29, 1.82) is 0 Å². The smallest absolute Gasteiger partial charge is 0.395 e. The molecule has 0 aliphatic heterocycles. The second-order valence-electron chi connectivity index (χ2n) is 8.36. The predicted octanol–water partition coefficient (Wildman–Crippen LogP) is 3.69. The maximum absolute atomic E-state index is 8.92. The monoisotopic (exact) mass is 606 g/mol. The van der Waals surface area contributed by atoms with Crippen LogP contribution >= 0.6 is 11.9 Å². The van der Waals surface area contributed by atoms with Crippen LogP contribution in [0.4, 0.5) is 11.5 Å². The predicted molar refractivity (Wildman–Crippen MR) is 122 cm³/mol. The van der Waals surface area contributed by atoms with Gasteiger partial charge in [-0.1, -0.05) is 57.2 Å². The van der Waals surface area contributed by atoms with Gasteiger partial charge in [0.25, 0.3) is 0 Å². The summed E-state index contributed by atoms with van der Waals surface area (Å²) in [5.74, 6) is 1.18. The third-order valence-electron chi connectivity index (χ3n) is 5.55. The van der Waals surface area contributed by atoms with Gasteiger partial charge in [0, 0.05) is 17.4 Å². The number of benzene rings is 1. The summed E-state index contributed by atoms with van der Waals surface area (Å²) < 4.78 is 3.28. The maximum atomic E-state index is 8.92. The number of hydrogen-bond donors (Lipinski definition) is 4. The number of anilines is 2. The first kappa shape index (κ1) is 25.1. The molecule has 2 aliphatic carbocycles. The average molecular weight is 605 g/mol. The van der Waals surface area contributed by atoms with Gasteiger partial charge in [0.05, 0.1) is 12.3 Å². The molecule has 0 unspecified atom stereocenters. The SMILES string of the molecule is CC1(C)Cc2c(NSCCO)[c-]ccc2-c2ncnc(N)c21.NC1CCCCC1.[Os+]. The van der Waals surface area contributed by atoms with Crippen molar-refractivity contribution in [1.82, 2.24) is 9.97 Å². The van der Waals surface area contributed by atoms with Crippen molar-refractivity contribution >= 4 is 23.5 Å². The van der Waals surface area contributed by atoms with E-state index in [1.54, 1.807) is 0 Å². The molecule has 30 heavy (non-hydrogen) atoms. The minimum Gasteiger partial charge on any atom is -0.395 e. The van der Waals surface area contributed by atoms with Gasteiger partial charge in [-0.3, -0.25) is 0 Å². The van der Waals surface area contributed by atoms with Crippen LogP contribution in [0.15, 0.2) is 18.5 Å². The maximum Gasteiger partial charge on any atom is 1.00 e. The molecule has 1 fully saturated rings. The van der Waals surface area contributed by atoms with Crippen LogP contribution in [0, 0.1) is 6.07 Å². The van der Waals surface area contributed by atoms with Crippen molar-refractivity contribution in [3.8, 4) is 11.3 Å². The fourth-order valence-electron chi connectivity index (χ4n) is 4.13. The van der Waals surface area contributed by atoms with Crippen molar-refractivity contribution in [2.24, 2.45) is 5.73 Å². The van der Waals surface area contributed by atoms with Gasteiger partial charge >= 0.3 is 19.8 Å². The van der Waals surface area contributed by atoms with Crippen LogP contribution in [-0.2, 0) is 31.6 Å². The third-order valence-corrected chi connectivity index (χ3v) is 6.28. The molecule has 0 bridgehead atoms. The first-order chi connectivity index (χ1) is 13.9. The molecule has 0 saturated heterocycles. The summed E-state index contributed by atoms with van der Waals surface area (Å²) in [4.78, 5) is 8.63. The minimum absolute atomic E-state index is 0. The molecule has 1 radical (unpaired) electrons. The van der Waals surface area contributed by atoms with E-state index >= 15 is 0 Å². The third kappa shape index (κ3) is 5.94. The van der Waals surface area contributed by atoms with Gasteiger partial charge < -0.3 is 21.3 Å². The molecule has 0 spiro atoms. The molecule has 2 aliphatic rings. The van der Waals surface area contributed by atoms with E-state index in [1.807, 2.05) is 12.1 Å². The van der Waals surface area contributed by atoms with Crippen LogP contribution in [-0.4, -0.2) is 33.5 Å². The largest absolute Gasteiger partial charge is 1.00 e. The molecule has 4 rings (SSSR count). The summed E-state index contributed by atoms with van der Waals surface area (Å²) in [5.41, 5.74) is 16.7. The van der Waals surface area contributed by atoms with Crippen LogP contribution in [0.5, 0.6) is 0 Å². The van der Waals surface area contributed by atoms with Crippen LogP contribution in [0.3, 0.4) is 0 Å². The number of fused-ring (bicyclic) bond motifs is 3. The number of rotatable bonds is 4. The van der Waals surface area contributed by atoms with E-state index in [2.05, 4.69) is 34.6 Å². The molecule has 165 valence electrons. The summed E-state index contributed by atoms with van der Waals surface area (Å²) in [6.07, 6.45) is 9.02. The fourth-order valence-corrected chi connectivity index (χ4v) is 4.65. The van der Waals surface area contributed by atoms with Crippen molar-refractivity contribution in [3.05, 3.63) is 35.7 Å². The molecule has 2 aromatic rings. The van der Waals surface area contributed by atoms with Gasteiger partial charge in [0.15, 0.2) is 0 Å². The summed E-state index contributed by atoms with van der Waals surface area (Å²) in [6, 6.07) is 7.70. The van der Waals surface area contributed by atoms with Gasteiger partial charge in [-0.05, 0) is 18.3 Å². The number of aromatic nitrogens is 2. The summed E-state index contributed by atoms with van der Waals surface area (Å²) in [6.45, 7) is 4.46. The van der Waals surface area contributed by atoms with E-state index in [0.29, 0.717) is 17.6 Å². The van der Waals surface area contributed by atoms with Crippen LogP contribution in [0.2, 0.25) is 0 Å². The Kier molecular flexibility index (Phi) is 9.55. The molecular weight excluding hydrogens is 573 g/mol. The van der Waals surface area contributed by atoms with Gasteiger partial charge in [-0.25, -0.2) is 9.97 Å². The first-order valence-corrected chi connectivity index (χ1v) is 11.3. The van der Waals surface area contributed by atoms with E-state index in [1.165, 1.54) is 55.9 Å². The number of nitrogen functional groups attached to an aromatic ring is 1. The van der Waals surface area contributed by atoms with Crippen molar-refractivity contribution < 1.29 is 24.9 Å². The Morgan fingerprint density at radius 1 is 1.27 bits per heavy atom. The van der Waals surface area contributed by atoms with Crippen molar-refractivity contribution in [3.63, 3.8) is 0 Å². The normalized spacial score (nSPS) is 16.9. The Hall–Kier alpha value is -1.19. The zero-order valence-corrected chi connectivity index (χ0v) is 21.1. The van der Waals surface area contributed by atoms with E-state index in [9.17, 15) is 0 Å². The Morgan fingerprint density at radius 3 is 2.63 bits per heavy atom. The van der Waals surface area contributed by atoms with Gasteiger partial charge in [-0.2, -0.15) is 18.2 Å². The Morgan fingerprint density at radius 2 is 2.00 bits per heavy atom. The molecular formula is C22H32N5OOsS. The molecule has 6 N–H and O–H groups in total. The summed E-state index contributed by atoms with van der Waals surface area (Å²) in [7, 11) is 0. The Balaban J connectivity index is 0.000000341. The van der Waals surface area contributed by atoms with Gasteiger partial charge in [-0.15, -0.1) is 11.1 Å². The molecule has 1 aromatic heterocycles. The standard InChI is InChI=1S/C16H19N4OS.C6H13N.Os/c1-16(2)8-11-10(14-13(16)15(17)19-9-18-14)4-3-5-12(11)20-22-7-6-21;7-6-4-2-1-3-5-6;/h3-4,9,20-21H,6-8H2,1-2H3,(H2,17,18,19);6H,1-5,7H2;/q-1;;+1. The van der Waals surface area contributed by atoms with Crippen LogP contribution in [0.1, 0.15) is 57.1 Å². The molecule has 1 aromatic carbocycles. The van der Waals surface area contributed by atoms with E-state index < -0.39 is 0 Å². The number of nitrogens with zero attached hydrogens (tertiary/aromatic N) is 2. The topological polar surface area (TPSA) is 110 Å². The van der Waals surface area contributed by atoms with Crippen LogP contribution < -0.4 is 16.2 Å². The number of hydrogen-bond acceptors (Lipinski definition) is 7. The molecule has 1 saturated carbocycles. The molecule has 0 amide bonds. The zero-order chi connectivity index (χ0) is 20.9. The minimum atomic E-state index is -0.138. The number of nitrogens with two attached hydrogens (primary N) is 2. The molecule has 1 heterocycles. The van der Waals surface area contributed by atoms with E-state index in [0.717, 1.165) is 28.9 Å². The summed E-state index contributed by atoms with van der Waals surface area (Å²) >= 11 is 1.48. The Bertz CT molecular complexity index is 827. The second-order valence-corrected chi connectivity index (χ2v) is 9.26. The Labute approximate surface area is 197 Å². The summed E-state index contributed by atoms with van der Waals surface area (Å²) in [5, 5.41) is 8.92. The van der Waals surface area contributed by atoms with Crippen LogP contribution in [0.25, 0.3) is 11.3 Å². The van der Waals surface area contributed by atoms with Gasteiger partial charge in [0.1, 0.15) is 12.1 Å². The van der Waals surface area contributed by atoms with Crippen molar-refractivity contribution in [2.75, 3.05) is 22.8 Å². The zero-order valence-electron chi connectivity index (χ0n) is 17.7. The molecule has 0 atom stereocenters. The van der Waals surface area contributed by atoms with E-state index in [4.69, 9.17) is 16.6 Å². The molecule has 6 nitrogen and oxygen atoms in total. The number of aliphatic hydroxyl groups excluding tert-OH is 1.